The van der Waals surface area contributed by atoms with Crippen molar-refractivity contribution in [2.45, 2.75) is 32.7 Å². The Balaban J connectivity index is 2.56. The maximum Gasteiger partial charge on any atom is 0.337 e. The predicted molar refractivity (Wildman–Crippen MR) is 58.4 cm³/mol. The van der Waals surface area contributed by atoms with Gasteiger partial charge in [-0.1, -0.05) is 26.3 Å². The first-order valence-corrected chi connectivity index (χ1v) is 5.09. The summed E-state index contributed by atoms with van der Waals surface area (Å²) in [4.78, 5) is 14.6. The van der Waals surface area contributed by atoms with Crippen molar-refractivity contribution in [3.63, 3.8) is 0 Å². The van der Waals surface area contributed by atoms with Gasteiger partial charge < -0.3 is 9.67 Å². The van der Waals surface area contributed by atoms with E-state index in [0.717, 1.165) is 13.0 Å². The maximum absolute atomic E-state index is 10.6. The second kappa shape index (κ2) is 5.34. The number of imidazole rings is 1. The third-order valence-corrected chi connectivity index (χ3v) is 2.22. The Morgan fingerprint density at radius 1 is 1.60 bits per heavy atom. The van der Waals surface area contributed by atoms with Gasteiger partial charge in [0.05, 0.1) is 17.6 Å². The van der Waals surface area contributed by atoms with Crippen LogP contribution in [0.5, 0.6) is 0 Å². The molecule has 0 aliphatic carbocycles. The Kier molecular flexibility index (Phi) is 4.09. The van der Waals surface area contributed by atoms with Crippen molar-refractivity contribution in [3.05, 3.63) is 24.8 Å². The number of carboxylic acid groups (broad SMARTS) is 1. The molecule has 0 saturated carbocycles. The minimum atomic E-state index is -1.02. The fraction of sp³-hybridized carbons (Fsp3) is 0.455. The Bertz CT molecular complexity index is 355. The van der Waals surface area contributed by atoms with Gasteiger partial charge in [0.25, 0.3) is 0 Å². The van der Waals surface area contributed by atoms with E-state index in [1.165, 1.54) is 12.8 Å². The molecule has 4 nitrogen and oxygen atoms in total. The van der Waals surface area contributed by atoms with Crippen molar-refractivity contribution in [2.24, 2.45) is 0 Å². The predicted octanol–water partition coefficient (Wildman–Crippen LogP) is 2.17. The molecule has 0 amide bonds. The van der Waals surface area contributed by atoms with E-state index < -0.39 is 5.97 Å². The van der Waals surface area contributed by atoms with Gasteiger partial charge in [-0.2, -0.15) is 0 Å². The first-order chi connectivity index (χ1) is 7.15. The van der Waals surface area contributed by atoms with Crippen LogP contribution in [0.4, 0.5) is 0 Å². The zero-order valence-electron chi connectivity index (χ0n) is 8.94. The smallest absolute Gasteiger partial charge is 0.337 e. The summed E-state index contributed by atoms with van der Waals surface area (Å²) in [5, 5.41) is 8.71. The molecule has 0 atom stereocenters. The molecule has 0 saturated heterocycles. The Hall–Kier alpha value is -1.58. The van der Waals surface area contributed by atoms with Crippen molar-refractivity contribution in [1.82, 2.24) is 9.55 Å². The SMILES string of the molecule is C=C(C(=O)O)c1cn(CCCCC)cn1. The lowest BCUT2D eigenvalue weighted by molar-refractivity contribution is -0.130. The molecule has 0 aliphatic heterocycles. The highest BCUT2D eigenvalue weighted by molar-refractivity contribution is 6.13. The van der Waals surface area contributed by atoms with Crippen LogP contribution in [0.25, 0.3) is 5.57 Å². The van der Waals surface area contributed by atoms with E-state index in [4.69, 9.17) is 5.11 Å². The number of aliphatic carboxylic acids is 1. The molecule has 82 valence electrons. The van der Waals surface area contributed by atoms with Gasteiger partial charge in [-0.25, -0.2) is 9.78 Å². The van der Waals surface area contributed by atoms with Crippen molar-refractivity contribution in [1.29, 1.82) is 0 Å². The van der Waals surface area contributed by atoms with Crippen LogP contribution >= 0.6 is 0 Å². The fourth-order valence-electron chi connectivity index (χ4n) is 1.29. The van der Waals surface area contributed by atoms with Crippen LogP contribution in [0.2, 0.25) is 0 Å². The molecule has 1 N–H and O–H groups in total. The number of hydrogen-bond acceptors (Lipinski definition) is 2. The molecule has 0 fully saturated rings. The number of rotatable bonds is 6. The zero-order chi connectivity index (χ0) is 11.3. The molecule has 0 bridgehead atoms. The number of aromatic nitrogens is 2. The Morgan fingerprint density at radius 3 is 2.93 bits per heavy atom. The lowest BCUT2D eigenvalue weighted by atomic mass is 10.2. The van der Waals surface area contributed by atoms with Gasteiger partial charge in [-0.05, 0) is 6.42 Å². The van der Waals surface area contributed by atoms with Crippen LogP contribution in [0.3, 0.4) is 0 Å². The molecule has 4 heteroatoms. The lowest BCUT2D eigenvalue weighted by Crippen LogP contribution is -1.98. The summed E-state index contributed by atoms with van der Waals surface area (Å²) < 4.78 is 1.90. The van der Waals surface area contributed by atoms with Gasteiger partial charge >= 0.3 is 5.97 Å². The highest BCUT2D eigenvalue weighted by atomic mass is 16.4. The van der Waals surface area contributed by atoms with Gasteiger partial charge in [0, 0.05) is 12.7 Å². The number of nitrogens with zero attached hydrogens (tertiary/aromatic N) is 2. The number of carbonyl (C=O) groups is 1. The van der Waals surface area contributed by atoms with Crippen molar-refractivity contribution < 1.29 is 9.90 Å². The van der Waals surface area contributed by atoms with Gasteiger partial charge in [0.2, 0.25) is 0 Å². The normalized spacial score (nSPS) is 10.2. The van der Waals surface area contributed by atoms with Crippen LogP contribution in [-0.2, 0) is 11.3 Å². The maximum atomic E-state index is 10.6. The number of hydrogen-bond donors (Lipinski definition) is 1. The monoisotopic (exact) mass is 208 g/mol. The van der Waals surface area contributed by atoms with Gasteiger partial charge in [-0.15, -0.1) is 0 Å². The summed E-state index contributed by atoms with van der Waals surface area (Å²) in [6.07, 6.45) is 6.81. The highest BCUT2D eigenvalue weighted by Gasteiger charge is 2.09. The van der Waals surface area contributed by atoms with E-state index in [9.17, 15) is 4.79 Å². The van der Waals surface area contributed by atoms with Gasteiger partial charge in [-0.3, -0.25) is 0 Å². The Morgan fingerprint density at radius 2 is 2.33 bits per heavy atom. The molecule has 1 aromatic heterocycles. The summed E-state index contributed by atoms with van der Waals surface area (Å²) >= 11 is 0. The minimum Gasteiger partial charge on any atom is -0.478 e. The third kappa shape index (κ3) is 3.23. The van der Waals surface area contributed by atoms with Gasteiger partial charge in [0.1, 0.15) is 0 Å². The van der Waals surface area contributed by atoms with Crippen LogP contribution < -0.4 is 0 Å². The highest BCUT2D eigenvalue weighted by Crippen LogP contribution is 2.10. The lowest BCUT2D eigenvalue weighted by Gasteiger charge is -1.99. The minimum absolute atomic E-state index is 0.0456. The van der Waals surface area contributed by atoms with Crippen LogP contribution in [0, 0.1) is 0 Å². The molecule has 1 aromatic rings. The molecule has 0 aromatic carbocycles. The first kappa shape index (κ1) is 11.5. The van der Waals surface area contributed by atoms with E-state index in [2.05, 4.69) is 18.5 Å². The average molecular weight is 208 g/mol. The summed E-state index contributed by atoms with van der Waals surface area (Å²) in [5.41, 5.74) is 0.489. The van der Waals surface area contributed by atoms with Crippen LogP contribution in [-0.4, -0.2) is 20.6 Å². The summed E-state index contributed by atoms with van der Waals surface area (Å²) in [6.45, 7) is 6.49. The molecule has 0 radical (unpaired) electrons. The second-order valence-electron chi connectivity index (χ2n) is 3.49. The molecular formula is C11H16N2O2. The second-order valence-corrected chi connectivity index (χ2v) is 3.49. The van der Waals surface area contributed by atoms with Crippen LogP contribution in [0.1, 0.15) is 31.9 Å². The van der Waals surface area contributed by atoms with E-state index in [1.54, 1.807) is 12.5 Å². The molecule has 1 heterocycles. The molecule has 0 unspecified atom stereocenters. The summed E-state index contributed by atoms with van der Waals surface area (Å²) in [5.74, 6) is -1.02. The topological polar surface area (TPSA) is 55.1 Å². The largest absolute Gasteiger partial charge is 0.478 e. The van der Waals surface area contributed by atoms with E-state index >= 15 is 0 Å². The number of aryl methyl sites for hydroxylation is 1. The number of unbranched alkanes of at least 4 members (excludes halogenated alkanes) is 2. The average Bonchev–Trinajstić information content (AvgIpc) is 2.65. The number of carboxylic acids is 1. The Labute approximate surface area is 89.3 Å². The first-order valence-electron chi connectivity index (χ1n) is 5.09. The van der Waals surface area contributed by atoms with Crippen molar-refractivity contribution in [2.75, 3.05) is 0 Å². The molecule has 15 heavy (non-hydrogen) atoms. The standard InChI is InChI=1S/C11H16N2O2/c1-3-4-5-6-13-7-10(12-8-13)9(2)11(14)15/h7-8H,2-6H2,1H3,(H,14,15). The summed E-state index contributed by atoms with van der Waals surface area (Å²) in [6, 6.07) is 0. The quantitative estimate of drug-likeness (QED) is 0.575. The molecular weight excluding hydrogens is 192 g/mol. The van der Waals surface area contributed by atoms with Gasteiger partial charge in [0.15, 0.2) is 0 Å². The van der Waals surface area contributed by atoms with Crippen molar-refractivity contribution >= 4 is 11.5 Å². The van der Waals surface area contributed by atoms with E-state index in [-0.39, 0.29) is 5.57 Å². The molecule has 0 aliphatic rings. The van der Waals surface area contributed by atoms with E-state index in [1.807, 2.05) is 4.57 Å². The zero-order valence-corrected chi connectivity index (χ0v) is 8.94. The van der Waals surface area contributed by atoms with Crippen molar-refractivity contribution in [3.8, 4) is 0 Å². The van der Waals surface area contributed by atoms with Crippen LogP contribution in [0.15, 0.2) is 19.1 Å². The van der Waals surface area contributed by atoms with E-state index in [0.29, 0.717) is 5.69 Å². The third-order valence-electron chi connectivity index (χ3n) is 2.22. The molecule has 0 spiro atoms. The molecule has 1 rings (SSSR count). The summed E-state index contributed by atoms with van der Waals surface area (Å²) in [7, 11) is 0. The fourth-order valence-corrected chi connectivity index (χ4v) is 1.29.